The van der Waals surface area contributed by atoms with Crippen LogP contribution in [0.15, 0.2) is 72.6 Å². The van der Waals surface area contributed by atoms with Gasteiger partial charge in [-0.3, -0.25) is 28.5 Å². The van der Waals surface area contributed by atoms with Crippen molar-refractivity contribution in [1.82, 2.24) is 0 Å². The predicted molar refractivity (Wildman–Crippen MR) is 100 cm³/mol. The SMILES string of the molecule is O=C(O)CCCCC=CC=CC=CC=CC=CC=C1OC12OC21OC12OC13OC12O3. The first-order valence-corrected chi connectivity index (χ1v) is 10.0. The van der Waals surface area contributed by atoms with Gasteiger partial charge in [0.1, 0.15) is 0 Å². The number of rotatable bonds is 10. The van der Waals surface area contributed by atoms with Crippen LogP contribution in [0.1, 0.15) is 25.7 Å². The fraction of sp³-hybridized carbons (Fsp3) is 0.409. The van der Waals surface area contributed by atoms with Gasteiger partial charge >= 0.3 is 35.1 Å². The molecule has 3 spiro atoms. The van der Waals surface area contributed by atoms with Crippen LogP contribution in [0.25, 0.3) is 0 Å². The zero-order chi connectivity index (χ0) is 20.5. The van der Waals surface area contributed by atoms with Crippen molar-refractivity contribution in [3.8, 4) is 0 Å². The lowest BCUT2D eigenvalue weighted by Gasteiger charge is -2.07. The van der Waals surface area contributed by atoms with Crippen molar-refractivity contribution in [2.24, 2.45) is 0 Å². The van der Waals surface area contributed by atoms with Crippen LogP contribution in [0.5, 0.6) is 0 Å². The quantitative estimate of drug-likeness (QED) is 0.331. The van der Waals surface area contributed by atoms with Gasteiger partial charge in [-0.15, -0.1) is 0 Å². The Morgan fingerprint density at radius 3 is 2.07 bits per heavy atom. The van der Waals surface area contributed by atoms with Crippen molar-refractivity contribution in [1.29, 1.82) is 0 Å². The smallest absolute Gasteiger partial charge is 0.355 e. The summed E-state index contributed by atoms with van der Waals surface area (Å²) in [5.74, 6) is -4.26. The largest absolute Gasteiger partial charge is 0.481 e. The molecule has 6 saturated heterocycles. The molecule has 0 radical (unpaired) electrons. The van der Waals surface area contributed by atoms with Crippen LogP contribution in [0.2, 0.25) is 0 Å². The minimum absolute atomic E-state index is 0.239. The summed E-state index contributed by atoms with van der Waals surface area (Å²) in [6.45, 7) is 0. The molecule has 0 amide bonds. The Bertz CT molecular complexity index is 981. The van der Waals surface area contributed by atoms with E-state index in [-0.39, 0.29) is 6.42 Å². The third-order valence-electron chi connectivity index (χ3n) is 5.77. The average Bonchev–Trinajstić information content (AvgIpc) is 3.55. The highest BCUT2D eigenvalue weighted by atomic mass is 17.3. The fourth-order valence-electron chi connectivity index (χ4n) is 3.97. The summed E-state index contributed by atoms with van der Waals surface area (Å²) in [7, 11) is 0. The van der Waals surface area contributed by atoms with Crippen molar-refractivity contribution in [2.45, 2.75) is 54.8 Å². The Kier molecular flexibility index (Phi) is 3.54. The number of fused-ring (bicyclic) bond motifs is 2. The standard InChI is InChI=1S/C22H20O8/c23-17(24)15-13-11-9-7-5-3-1-2-4-6-8-10-12-14-16-18(25-16)19(26-18)20(27-19)21-22(28-20,29-21)30-21/h1-8,10,12,14H,9,11,13,15H2,(H,23,24). The number of ether oxygens (including phenoxy) is 6. The molecule has 0 bridgehead atoms. The second-order valence-electron chi connectivity index (χ2n) is 7.77. The van der Waals surface area contributed by atoms with Crippen molar-refractivity contribution in [3.05, 3.63) is 72.6 Å². The maximum Gasteiger partial charge on any atom is 0.355 e. The zero-order valence-corrected chi connectivity index (χ0v) is 16.0. The molecule has 156 valence electrons. The van der Waals surface area contributed by atoms with Gasteiger partial charge in [-0.1, -0.05) is 60.8 Å². The summed E-state index contributed by atoms with van der Waals surface area (Å²) in [6, 6.07) is 0. The first-order valence-electron chi connectivity index (χ1n) is 10.0. The molecule has 3 unspecified atom stereocenters. The minimum Gasteiger partial charge on any atom is -0.481 e. The van der Waals surface area contributed by atoms with Gasteiger partial charge in [-0.2, -0.15) is 0 Å². The molecule has 0 aromatic heterocycles. The Morgan fingerprint density at radius 2 is 1.43 bits per heavy atom. The highest BCUT2D eigenvalue weighted by Crippen LogP contribution is 2.97. The van der Waals surface area contributed by atoms with Crippen molar-refractivity contribution >= 4 is 5.97 Å². The van der Waals surface area contributed by atoms with E-state index in [2.05, 4.69) is 0 Å². The van der Waals surface area contributed by atoms with Crippen LogP contribution in [-0.2, 0) is 33.2 Å². The van der Waals surface area contributed by atoms with Crippen molar-refractivity contribution < 1.29 is 38.3 Å². The van der Waals surface area contributed by atoms with Gasteiger partial charge in [-0.25, -0.2) is 0 Å². The number of epoxide rings is 5. The van der Waals surface area contributed by atoms with E-state index in [1.54, 1.807) is 0 Å². The second kappa shape index (κ2) is 5.81. The van der Waals surface area contributed by atoms with Crippen molar-refractivity contribution in [3.63, 3.8) is 0 Å². The molecule has 0 aromatic carbocycles. The number of hydrogen-bond donors (Lipinski definition) is 1. The molecule has 1 N–H and O–H groups in total. The molecule has 30 heavy (non-hydrogen) atoms. The topological polar surface area (TPSA) is 109 Å². The second-order valence-corrected chi connectivity index (χ2v) is 7.77. The van der Waals surface area contributed by atoms with E-state index in [1.165, 1.54) is 0 Å². The average molecular weight is 412 g/mol. The lowest BCUT2D eigenvalue weighted by Crippen LogP contribution is -2.41. The molecule has 6 fully saturated rings. The Morgan fingerprint density at radius 1 is 0.767 bits per heavy atom. The third kappa shape index (κ3) is 2.25. The van der Waals surface area contributed by atoms with Crippen LogP contribution in [0.4, 0.5) is 0 Å². The van der Waals surface area contributed by atoms with Gasteiger partial charge in [0.2, 0.25) is 0 Å². The summed E-state index contributed by atoms with van der Waals surface area (Å²) in [4.78, 5) is 10.4. The van der Waals surface area contributed by atoms with E-state index in [9.17, 15) is 4.79 Å². The molecule has 0 saturated carbocycles. The van der Waals surface area contributed by atoms with Gasteiger partial charge in [0.15, 0.2) is 5.76 Å². The normalized spacial score (nSPS) is 47.1. The van der Waals surface area contributed by atoms with E-state index in [0.717, 1.165) is 12.8 Å². The molecular weight excluding hydrogens is 392 g/mol. The molecule has 6 aliphatic heterocycles. The fourth-order valence-corrected chi connectivity index (χ4v) is 3.97. The summed E-state index contributed by atoms with van der Waals surface area (Å²) in [6.07, 6.45) is 23.9. The lowest BCUT2D eigenvalue weighted by atomic mass is 10.1. The molecule has 0 aromatic rings. The number of hydrogen-bond acceptors (Lipinski definition) is 7. The summed E-state index contributed by atoms with van der Waals surface area (Å²) >= 11 is 0. The van der Waals surface area contributed by atoms with Crippen LogP contribution in [0, 0.1) is 0 Å². The Balaban J connectivity index is 0.878. The molecule has 8 nitrogen and oxygen atoms in total. The summed E-state index contributed by atoms with van der Waals surface area (Å²) < 4.78 is 33.0. The number of unbranched alkanes of at least 4 members (excludes halogenated alkanes) is 2. The number of carboxylic acids is 1. The molecule has 6 aliphatic rings. The number of carbonyl (C=O) groups is 1. The summed E-state index contributed by atoms with van der Waals surface area (Å²) in [5.41, 5.74) is 0. The minimum atomic E-state index is -0.937. The van der Waals surface area contributed by atoms with Gasteiger partial charge < -0.3 is 9.84 Å². The molecular formula is C22H20O8. The highest BCUT2D eigenvalue weighted by Gasteiger charge is 3.27. The number of allylic oxidation sites excluding steroid dienone is 11. The van der Waals surface area contributed by atoms with E-state index < -0.39 is 35.1 Å². The predicted octanol–water partition coefficient (Wildman–Crippen LogP) is 2.92. The first-order chi connectivity index (χ1) is 14.6. The summed E-state index contributed by atoms with van der Waals surface area (Å²) in [5, 5.41) is 8.55. The molecule has 8 heteroatoms. The van der Waals surface area contributed by atoms with E-state index >= 15 is 0 Å². The van der Waals surface area contributed by atoms with Crippen LogP contribution in [-0.4, -0.2) is 40.2 Å². The molecule has 6 rings (SSSR count). The van der Waals surface area contributed by atoms with Crippen LogP contribution in [0.3, 0.4) is 0 Å². The zero-order valence-electron chi connectivity index (χ0n) is 16.0. The number of carboxylic acid groups (broad SMARTS) is 1. The Labute approximate surface area is 172 Å². The monoisotopic (exact) mass is 412 g/mol. The molecule has 6 heterocycles. The van der Waals surface area contributed by atoms with Gasteiger partial charge in [-0.05, 0) is 25.3 Å². The third-order valence-corrected chi connectivity index (χ3v) is 5.77. The van der Waals surface area contributed by atoms with Gasteiger partial charge in [0, 0.05) is 6.42 Å². The van der Waals surface area contributed by atoms with Gasteiger partial charge in [0.05, 0.1) is 0 Å². The Hall–Kier alpha value is -2.49. The maximum absolute atomic E-state index is 10.4. The van der Waals surface area contributed by atoms with E-state index in [4.69, 9.17) is 33.5 Å². The lowest BCUT2D eigenvalue weighted by molar-refractivity contribution is -0.166. The molecule has 3 atom stereocenters. The molecule has 0 aliphatic carbocycles. The first kappa shape index (κ1) is 18.3. The number of aliphatic carboxylic acids is 1. The van der Waals surface area contributed by atoms with E-state index in [1.807, 2.05) is 66.8 Å². The van der Waals surface area contributed by atoms with Crippen molar-refractivity contribution in [2.75, 3.05) is 0 Å². The van der Waals surface area contributed by atoms with Crippen LogP contribution >= 0.6 is 0 Å². The maximum atomic E-state index is 10.4. The van der Waals surface area contributed by atoms with Gasteiger partial charge in [0.25, 0.3) is 0 Å². The highest BCUT2D eigenvalue weighted by molar-refractivity contribution is 5.66. The van der Waals surface area contributed by atoms with E-state index in [0.29, 0.717) is 12.2 Å². The van der Waals surface area contributed by atoms with Crippen LogP contribution < -0.4 is 0 Å².